The zero-order valence-corrected chi connectivity index (χ0v) is 13.4. The summed E-state index contributed by atoms with van der Waals surface area (Å²) in [4.78, 5) is 14.8. The molecule has 0 saturated heterocycles. The topological polar surface area (TPSA) is 20.3 Å². The maximum absolute atomic E-state index is 12.1. The lowest BCUT2D eigenvalue weighted by Gasteiger charge is -2.19. The Morgan fingerprint density at radius 2 is 2.12 bits per heavy atom. The van der Waals surface area contributed by atoms with Gasteiger partial charge in [-0.05, 0) is 51.3 Å². The highest BCUT2D eigenvalue weighted by Gasteiger charge is 2.17. The minimum Gasteiger partial charge on any atom is -0.338 e. The van der Waals surface area contributed by atoms with E-state index in [1.807, 2.05) is 17.9 Å². The van der Waals surface area contributed by atoms with E-state index in [1.165, 1.54) is 11.3 Å². The van der Waals surface area contributed by atoms with Crippen LogP contribution in [0.5, 0.6) is 0 Å². The molecule has 2 nitrogen and oxygen atoms in total. The Kier molecular flexibility index (Phi) is 6.00. The molecule has 1 rings (SSSR count). The van der Waals surface area contributed by atoms with Gasteiger partial charge in [-0.2, -0.15) is 0 Å². The number of rotatable bonds is 5. The summed E-state index contributed by atoms with van der Waals surface area (Å²) in [6, 6.07) is 1.88. The molecular weight excluding hydrogens is 354 g/mol. The van der Waals surface area contributed by atoms with E-state index in [1.54, 1.807) is 0 Å². The molecule has 1 heterocycles. The van der Waals surface area contributed by atoms with Crippen molar-refractivity contribution in [1.82, 2.24) is 4.90 Å². The van der Waals surface area contributed by atoms with Crippen LogP contribution in [0.4, 0.5) is 0 Å². The van der Waals surface area contributed by atoms with Crippen molar-refractivity contribution in [3.05, 3.63) is 19.2 Å². The van der Waals surface area contributed by atoms with E-state index in [2.05, 4.69) is 38.8 Å². The molecule has 1 aromatic rings. The fraction of sp³-hybridized carbons (Fsp3) is 0.545. The van der Waals surface area contributed by atoms with Crippen LogP contribution in [0.2, 0.25) is 0 Å². The van der Waals surface area contributed by atoms with Gasteiger partial charge in [-0.1, -0.05) is 13.3 Å². The molecular formula is C11H15Br2NOS. The standard InChI is InChI=1S/C11H15Br2NOS/c1-3-5-6-14(4-2)11(15)9-7-8(12)10(13)16-9/h7H,3-6H2,1-2H3. The van der Waals surface area contributed by atoms with E-state index in [9.17, 15) is 4.79 Å². The monoisotopic (exact) mass is 367 g/mol. The number of unbranched alkanes of at least 4 members (excludes halogenated alkanes) is 1. The van der Waals surface area contributed by atoms with Crippen LogP contribution in [0.1, 0.15) is 36.4 Å². The second-order valence-corrected chi connectivity index (χ2v) is 6.70. The number of hydrogen-bond acceptors (Lipinski definition) is 2. The third-order valence-electron chi connectivity index (χ3n) is 2.31. The normalized spacial score (nSPS) is 10.5. The van der Waals surface area contributed by atoms with Gasteiger partial charge >= 0.3 is 0 Å². The molecule has 90 valence electrons. The summed E-state index contributed by atoms with van der Waals surface area (Å²) in [6.45, 7) is 5.77. The average Bonchev–Trinajstić information content (AvgIpc) is 2.60. The molecule has 5 heteroatoms. The molecule has 0 aliphatic carbocycles. The largest absolute Gasteiger partial charge is 0.338 e. The smallest absolute Gasteiger partial charge is 0.263 e. The first-order chi connectivity index (χ1) is 7.60. The first-order valence-electron chi connectivity index (χ1n) is 5.34. The lowest BCUT2D eigenvalue weighted by Crippen LogP contribution is -2.31. The zero-order chi connectivity index (χ0) is 12.1. The van der Waals surface area contributed by atoms with Crippen LogP contribution in [-0.2, 0) is 0 Å². The predicted octanol–water partition coefficient (Wildman–Crippen LogP) is 4.54. The molecule has 0 aliphatic rings. The number of nitrogens with zero attached hydrogens (tertiary/aromatic N) is 1. The summed E-state index contributed by atoms with van der Waals surface area (Å²) in [5.74, 6) is 0.132. The second-order valence-electron chi connectivity index (χ2n) is 3.47. The quantitative estimate of drug-likeness (QED) is 0.747. The molecule has 1 amide bonds. The van der Waals surface area contributed by atoms with Crippen molar-refractivity contribution in [2.75, 3.05) is 13.1 Å². The van der Waals surface area contributed by atoms with Crippen molar-refractivity contribution in [3.63, 3.8) is 0 Å². The lowest BCUT2D eigenvalue weighted by atomic mass is 10.3. The predicted molar refractivity (Wildman–Crippen MR) is 76.2 cm³/mol. The van der Waals surface area contributed by atoms with Crippen LogP contribution in [0.15, 0.2) is 14.3 Å². The van der Waals surface area contributed by atoms with E-state index in [0.29, 0.717) is 0 Å². The summed E-state index contributed by atoms with van der Waals surface area (Å²) >= 11 is 8.29. The van der Waals surface area contributed by atoms with E-state index in [0.717, 1.165) is 39.1 Å². The van der Waals surface area contributed by atoms with Crippen LogP contribution < -0.4 is 0 Å². The number of amides is 1. The molecule has 0 radical (unpaired) electrons. The fourth-order valence-electron chi connectivity index (χ4n) is 1.36. The van der Waals surface area contributed by atoms with Crippen molar-refractivity contribution < 1.29 is 4.79 Å². The van der Waals surface area contributed by atoms with E-state index < -0.39 is 0 Å². The van der Waals surface area contributed by atoms with Crippen LogP contribution in [0.3, 0.4) is 0 Å². The van der Waals surface area contributed by atoms with Gasteiger partial charge in [0.25, 0.3) is 5.91 Å². The van der Waals surface area contributed by atoms with Gasteiger partial charge in [0, 0.05) is 17.6 Å². The molecule has 0 fully saturated rings. The Balaban J connectivity index is 2.74. The number of halogens is 2. The molecule has 0 aliphatic heterocycles. The van der Waals surface area contributed by atoms with Gasteiger partial charge in [0.2, 0.25) is 0 Å². The lowest BCUT2D eigenvalue weighted by molar-refractivity contribution is 0.0767. The minimum atomic E-state index is 0.132. The van der Waals surface area contributed by atoms with Crippen LogP contribution in [0.25, 0.3) is 0 Å². The van der Waals surface area contributed by atoms with E-state index in [4.69, 9.17) is 0 Å². The van der Waals surface area contributed by atoms with Crippen LogP contribution >= 0.6 is 43.2 Å². The third kappa shape index (κ3) is 3.57. The highest BCUT2D eigenvalue weighted by molar-refractivity contribution is 9.13. The molecule has 1 aromatic heterocycles. The van der Waals surface area contributed by atoms with E-state index >= 15 is 0 Å². The van der Waals surface area contributed by atoms with Gasteiger partial charge in [0.1, 0.15) is 0 Å². The van der Waals surface area contributed by atoms with Crippen molar-refractivity contribution in [3.8, 4) is 0 Å². The zero-order valence-electron chi connectivity index (χ0n) is 9.43. The molecule has 0 bridgehead atoms. The highest BCUT2D eigenvalue weighted by Crippen LogP contribution is 2.32. The van der Waals surface area contributed by atoms with E-state index in [-0.39, 0.29) is 5.91 Å². The molecule has 0 atom stereocenters. The van der Waals surface area contributed by atoms with Crippen molar-refractivity contribution >= 4 is 49.1 Å². The third-order valence-corrected chi connectivity index (χ3v) is 5.55. The fourth-order valence-corrected chi connectivity index (χ4v) is 3.36. The van der Waals surface area contributed by atoms with Crippen LogP contribution in [-0.4, -0.2) is 23.9 Å². The Bertz CT molecular complexity index is 345. The summed E-state index contributed by atoms with van der Waals surface area (Å²) in [6.07, 6.45) is 2.18. The Morgan fingerprint density at radius 3 is 2.56 bits per heavy atom. The van der Waals surface area contributed by atoms with Gasteiger partial charge in [0.05, 0.1) is 8.66 Å². The Morgan fingerprint density at radius 1 is 1.44 bits per heavy atom. The highest BCUT2D eigenvalue weighted by atomic mass is 79.9. The molecule has 0 N–H and O–H groups in total. The first-order valence-corrected chi connectivity index (χ1v) is 7.74. The van der Waals surface area contributed by atoms with Gasteiger partial charge in [-0.3, -0.25) is 4.79 Å². The Hall–Kier alpha value is 0.130. The SMILES string of the molecule is CCCCN(CC)C(=O)c1cc(Br)c(Br)s1. The summed E-state index contributed by atoms with van der Waals surface area (Å²) in [7, 11) is 0. The summed E-state index contributed by atoms with van der Waals surface area (Å²) in [5.41, 5.74) is 0. The Labute approximate surface area is 117 Å². The molecule has 0 saturated carbocycles. The van der Waals surface area contributed by atoms with Gasteiger partial charge in [-0.15, -0.1) is 11.3 Å². The minimum absolute atomic E-state index is 0.132. The van der Waals surface area contributed by atoms with Crippen molar-refractivity contribution in [2.24, 2.45) is 0 Å². The number of carbonyl (C=O) groups excluding carboxylic acids is 1. The van der Waals surface area contributed by atoms with Crippen molar-refractivity contribution in [2.45, 2.75) is 26.7 Å². The van der Waals surface area contributed by atoms with Gasteiger partial charge in [0.15, 0.2) is 0 Å². The summed E-state index contributed by atoms with van der Waals surface area (Å²) in [5, 5.41) is 0. The first kappa shape index (κ1) is 14.2. The summed E-state index contributed by atoms with van der Waals surface area (Å²) < 4.78 is 1.93. The number of thiophene rings is 1. The average molecular weight is 369 g/mol. The molecule has 0 spiro atoms. The molecule has 0 aromatic carbocycles. The van der Waals surface area contributed by atoms with Crippen LogP contribution in [0, 0.1) is 0 Å². The van der Waals surface area contributed by atoms with Crippen molar-refractivity contribution in [1.29, 1.82) is 0 Å². The van der Waals surface area contributed by atoms with Gasteiger partial charge < -0.3 is 4.90 Å². The molecule has 16 heavy (non-hydrogen) atoms. The number of carbonyl (C=O) groups is 1. The number of hydrogen-bond donors (Lipinski definition) is 0. The molecule has 0 unspecified atom stereocenters. The maximum Gasteiger partial charge on any atom is 0.263 e. The van der Waals surface area contributed by atoms with Gasteiger partial charge in [-0.25, -0.2) is 0 Å². The maximum atomic E-state index is 12.1. The second kappa shape index (κ2) is 6.77.